The second kappa shape index (κ2) is 7.34. The molecule has 2 aromatic carbocycles. The lowest BCUT2D eigenvalue weighted by Gasteiger charge is -2.03. The molecular weight excluding hydrogens is 380 g/mol. The summed E-state index contributed by atoms with van der Waals surface area (Å²) in [6.45, 7) is 0. The number of hydrazone groups is 1. The van der Waals surface area contributed by atoms with Crippen molar-refractivity contribution in [2.24, 2.45) is 5.10 Å². The summed E-state index contributed by atoms with van der Waals surface area (Å²) in [6, 6.07) is 15.1. The van der Waals surface area contributed by atoms with Crippen molar-refractivity contribution in [3.63, 3.8) is 0 Å². The van der Waals surface area contributed by atoms with E-state index in [4.69, 9.17) is 11.6 Å². The highest BCUT2D eigenvalue weighted by molar-refractivity contribution is 9.10. The highest BCUT2D eigenvalue weighted by Crippen LogP contribution is 2.14. The molecule has 6 nitrogen and oxygen atoms in total. The fraction of sp³-hybridized carbons (Fsp3) is 0.0667. The molecule has 3 rings (SSSR count). The Balaban J connectivity index is 1.65. The average Bonchev–Trinajstić information content (AvgIpc) is 3.02. The lowest BCUT2D eigenvalue weighted by atomic mass is 10.3. The van der Waals surface area contributed by atoms with Gasteiger partial charge in [-0.05, 0) is 59.0 Å². The van der Waals surface area contributed by atoms with Crippen LogP contribution in [-0.4, -0.2) is 26.4 Å². The van der Waals surface area contributed by atoms with Gasteiger partial charge in [0.05, 0.1) is 11.4 Å². The standard InChI is InChI=1S/C15H12BrClN6/c16-11-1-7-14(8-2-11)23-15(20-21-22-23)9-10-18-19-13-5-3-12(17)4-6-13/h1-8,10,19H,9H2/b18-10-. The van der Waals surface area contributed by atoms with Crippen LogP contribution >= 0.6 is 27.5 Å². The van der Waals surface area contributed by atoms with Crippen molar-refractivity contribution >= 4 is 39.4 Å². The van der Waals surface area contributed by atoms with Crippen LogP contribution < -0.4 is 5.43 Å². The van der Waals surface area contributed by atoms with Gasteiger partial charge in [0.25, 0.3) is 0 Å². The van der Waals surface area contributed by atoms with Crippen LogP contribution in [0.15, 0.2) is 58.1 Å². The second-order valence-corrected chi connectivity index (χ2v) is 5.97. The molecular formula is C15H12BrClN6. The Kier molecular flexibility index (Phi) is 4.99. The summed E-state index contributed by atoms with van der Waals surface area (Å²) < 4.78 is 2.69. The van der Waals surface area contributed by atoms with Crippen LogP contribution in [0.5, 0.6) is 0 Å². The molecule has 0 radical (unpaired) electrons. The Morgan fingerprint density at radius 2 is 1.87 bits per heavy atom. The SMILES string of the molecule is Clc1ccc(N/N=C\Cc2nnnn2-c2ccc(Br)cc2)cc1. The summed E-state index contributed by atoms with van der Waals surface area (Å²) in [5, 5.41) is 16.6. The lowest BCUT2D eigenvalue weighted by molar-refractivity contribution is 0.776. The molecule has 116 valence electrons. The Bertz CT molecular complexity index is 798. The molecule has 0 aliphatic carbocycles. The van der Waals surface area contributed by atoms with Crippen LogP contribution in [0.4, 0.5) is 5.69 Å². The van der Waals surface area contributed by atoms with Gasteiger partial charge in [-0.3, -0.25) is 5.43 Å². The maximum Gasteiger partial charge on any atom is 0.162 e. The molecule has 3 aromatic rings. The predicted octanol–water partition coefficient (Wildman–Crippen LogP) is 3.72. The lowest BCUT2D eigenvalue weighted by Crippen LogP contribution is -2.04. The average molecular weight is 392 g/mol. The number of nitrogens with zero attached hydrogens (tertiary/aromatic N) is 5. The molecule has 0 atom stereocenters. The molecule has 1 N–H and O–H groups in total. The summed E-state index contributed by atoms with van der Waals surface area (Å²) >= 11 is 9.24. The third-order valence-corrected chi connectivity index (χ3v) is 3.79. The van der Waals surface area contributed by atoms with E-state index in [1.807, 2.05) is 36.4 Å². The highest BCUT2D eigenvalue weighted by Gasteiger charge is 2.06. The van der Waals surface area contributed by atoms with Crippen LogP contribution in [0.25, 0.3) is 5.69 Å². The van der Waals surface area contributed by atoms with Gasteiger partial charge in [-0.1, -0.05) is 27.5 Å². The fourth-order valence-electron chi connectivity index (χ4n) is 1.89. The van der Waals surface area contributed by atoms with Gasteiger partial charge in [0, 0.05) is 22.1 Å². The molecule has 1 heterocycles. The van der Waals surface area contributed by atoms with Crippen molar-refractivity contribution in [3.8, 4) is 5.69 Å². The maximum atomic E-state index is 5.83. The summed E-state index contributed by atoms with van der Waals surface area (Å²) in [5.74, 6) is 0.703. The van der Waals surface area contributed by atoms with Crippen molar-refractivity contribution < 1.29 is 0 Å². The minimum Gasteiger partial charge on any atom is -0.279 e. The Labute approximate surface area is 146 Å². The van der Waals surface area contributed by atoms with Gasteiger partial charge in [-0.15, -0.1) is 5.10 Å². The molecule has 0 aliphatic rings. The minimum atomic E-state index is 0.504. The van der Waals surface area contributed by atoms with Crippen LogP contribution in [-0.2, 0) is 6.42 Å². The van der Waals surface area contributed by atoms with E-state index in [1.165, 1.54) is 0 Å². The molecule has 0 bridgehead atoms. The van der Waals surface area contributed by atoms with Gasteiger partial charge in [0.2, 0.25) is 0 Å². The van der Waals surface area contributed by atoms with E-state index in [0.717, 1.165) is 15.8 Å². The Morgan fingerprint density at radius 1 is 1.13 bits per heavy atom. The van der Waals surface area contributed by atoms with Crippen molar-refractivity contribution in [1.82, 2.24) is 20.2 Å². The zero-order valence-electron chi connectivity index (χ0n) is 11.9. The number of nitrogens with one attached hydrogen (secondary N) is 1. The third kappa shape index (κ3) is 4.14. The van der Waals surface area contributed by atoms with Crippen molar-refractivity contribution in [2.45, 2.75) is 6.42 Å². The number of anilines is 1. The Hall–Kier alpha value is -2.25. The van der Waals surface area contributed by atoms with Crippen LogP contribution in [0.1, 0.15) is 5.82 Å². The van der Waals surface area contributed by atoms with Crippen LogP contribution in [0, 0.1) is 0 Å². The fourth-order valence-corrected chi connectivity index (χ4v) is 2.28. The van der Waals surface area contributed by atoms with E-state index in [-0.39, 0.29) is 0 Å². The van der Waals surface area contributed by atoms with Crippen molar-refractivity contribution in [1.29, 1.82) is 0 Å². The first kappa shape index (κ1) is 15.6. The van der Waals surface area contributed by atoms with Gasteiger partial charge in [0.15, 0.2) is 5.82 Å². The Morgan fingerprint density at radius 3 is 2.61 bits per heavy atom. The highest BCUT2D eigenvalue weighted by atomic mass is 79.9. The molecule has 0 fully saturated rings. The molecule has 0 unspecified atom stereocenters. The number of rotatable bonds is 5. The number of hydrogen-bond donors (Lipinski definition) is 1. The molecule has 1 aromatic heterocycles. The van der Waals surface area contributed by atoms with Crippen molar-refractivity contribution in [2.75, 3.05) is 5.43 Å². The summed E-state index contributed by atoms with van der Waals surface area (Å²) in [6.07, 6.45) is 2.22. The van der Waals surface area contributed by atoms with Crippen LogP contribution in [0.2, 0.25) is 5.02 Å². The summed E-state index contributed by atoms with van der Waals surface area (Å²) in [7, 11) is 0. The molecule has 0 saturated carbocycles. The van der Waals surface area contributed by atoms with E-state index < -0.39 is 0 Å². The largest absolute Gasteiger partial charge is 0.279 e. The van der Waals surface area contributed by atoms with E-state index in [1.54, 1.807) is 23.0 Å². The third-order valence-electron chi connectivity index (χ3n) is 3.01. The topological polar surface area (TPSA) is 68.0 Å². The van der Waals surface area contributed by atoms with E-state index >= 15 is 0 Å². The maximum absolute atomic E-state index is 5.83. The van der Waals surface area contributed by atoms with E-state index in [9.17, 15) is 0 Å². The zero-order chi connectivity index (χ0) is 16.1. The normalized spacial score (nSPS) is 11.0. The quantitative estimate of drug-likeness (QED) is 0.532. The smallest absolute Gasteiger partial charge is 0.162 e. The molecule has 0 saturated heterocycles. The first-order valence-corrected chi connectivity index (χ1v) is 7.96. The molecule has 0 aliphatic heterocycles. The van der Waals surface area contributed by atoms with E-state index in [0.29, 0.717) is 17.3 Å². The monoisotopic (exact) mass is 390 g/mol. The summed E-state index contributed by atoms with van der Waals surface area (Å²) in [5.41, 5.74) is 4.68. The van der Waals surface area contributed by atoms with Gasteiger partial charge < -0.3 is 0 Å². The number of tetrazole rings is 1. The molecule has 0 amide bonds. The first-order chi connectivity index (χ1) is 11.2. The molecule has 23 heavy (non-hydrogen) atoms. The predicted molar refractivity (Wildman–Crippen MR) is 94.1 cm³/mol. The van der Waals surface area contributed by atoms with Gasteiger partial charge in [-0.2, -0.15) is 9.78 Å². The zero-order valence-corrected chi connectivity index (χ0v) is 14.2. The van der Waals surface area contributed by atoms with Crippen LogP contribution in [0.3, 0.4) is 0 Å². The number of aromatic nitrogens is 4. The summed E-state index contributed by atoms with van der Waals surface area (Å²) in [4.78, 5) is 0. The first-order valence-electron chi connectivity index (χ1n) is 6.79. The minimum absolute atomic E-state index is 0.504. The van der Waals surface area contributed by atoms with Gasteiger partial charge in [-0.25, -0.2) is 0 Å². The second-order valence-electron chi connectivity index (χ2n) is 4.62. The number of hydrogen-bond acceptors (Lipinski definition) is 5. The van der Waals surface area contributed by atoms with Gasteiger partial charge in [0.1, 0.15) is 0 Å². The van der Waals surface area contributed by atoms with Gasteiger partial charge >= 0.3 is 0 Å². The molecule has 0 spiro atoms. The molecule has 8 heteroatoms. The van der Waals surface area contributed by atoms with E-state index in [2.05, 4.69) is 42.0 Å². The van der Waals surface area contributed by atoms with Crippen molar-refractivity contribution in [3.05, 3.63) is 63.9 Å². The number of benzene rings is 2. The number of halogens is 2.